The van der Waals surface area contributed by atoms with E-state index in [1.54, 1.807) is 13.2 Å². The number of rotatable bonds is 4. The Hall–Kier alpha value is -1.22. The van der Waals surface area contributed by atoms with Gasteiger partial charge in [0.1, 0.15) is 5.75 Å². The lowest BCUT2D eigenvalue weighted by atomic mass is 9.99. The van der Waals surface area contributed by atoms with Crippen molar-refractivity contribution in [2.24, 2.45) is 0 Å². The fraction of sp³-hybridized carbons (Fsp3) is 0.250. The van der Waals surface area contributed by atoms with Crippen molar-refractivity contribution in [2.45, 2.75) is 19.4 Å². The van der Waals surface area contributed by atoms with Crippen LogP contribution in [0.2, 0.25) is 10.0 Å². The van der Waals surface area contributed by atoms with E-state index >= 15 is 0 Å². The number of methoxy groups -OCH3 is 1. The van der Waals surface area contributed by atoms with Crippen LogP contribution in [0.25, 0.3) is 0 Å². The molecule has 0 bridgehead atoms. The minimum Gasteiger partial charge on any atom is -0.496 e. The van der Waals surface area contributed by atoms with Crippen molar-refractivity contribution in [3.05, 3.63) is 63.1 Å². The van der Waals surface area contributed by atoms with Crippen LogP contribution in [0.4, 0.5) is 0 Å². The molecule has 106 valence electrons. The van der Waals surface area contributed by atoms with E-state index in [0.29, 0.717) is 22.2 Å². The number of aliphatic hydroxyl groups is 1. The number of hydrogen-bond acceptors (Lipinski definition) is 2. The Morgan fingerprint density at radius 2 is 1.95 bits per heavy atom. The first kappa shape index (κ1) is 15.2. The normalized spacial score (nSPS) is 12.2. The molecule has 20 heavy (non-hydrogen) atoms. The average Bonchev–Trinajstić information content (AvgIpc) is 2.43. The maximum absolute atomic E-state index is 10.4. The van der Waals surface area contributed by atoms with Crippen LogP contribution in [0.15, 0.2) is 36.4 Å². The van der Waals surface area contributed by atoms with E-state index in [1.165, 1.54) is 0 Å². The van der Waals surface area contributed by atoms with Crippen LogP contribution in [-0.2, 0) is 6.42 Å². The molecule has 1 N–H and O–H groups in total. The molecular formula is C16H16Cl2O2. The first-order chi connectivity index (χ1) is 9.52. The highest BCUT2D eigenvalue weighted by molar-refractivity contribution is 6.42. The standard InChI is InChI=1S/C16H16Cl2O2/c1-10-6-7-15(20-2)12(8-10)14(19)9-11-4-3-5-13(17)16(11)18/h3-8,14,19H,9H2,1-2H3. The molecule has 0 saturated heterocycles. The molecular weight excluding hydrogens is 295 g/mol. The number of benzene rings is 2. The van der Waals surface area contributed by atoms with E-state index in [2.05, 4.69) is 0 Å². The summed E-state index contributed by atoms with van der Waals surface area (Å²) in [5, 5.41) is 11.4. The average molecular weight is 311 g/mol. The molecule has 1 unspecified atom stereocenters. The summed E-state index contributed by atoms with van der Waals surface area (Å²) in [4.78, 5) is 0. The molecule has 2 aromatic carbocycles. The summed E-state index contributed by atoms with van der Waals surface area (Å²) in [5.74, 6) is 0.668. The highest BCUT2D eigenvalue weighted by Gasteiger charge is 2.16. The van der Waals surface area contributed by atoms with Gasteiger partial charge in [0.15, 0.2) is 0 Å². The third-order valence-corrected chi connectivity index (χ3v) is 4.05. The van der Waals surface area contributed by atoms with Gasteiger partial charge in [0.05, 0.1) is 23.3 Å². The van der Waals surface area contributed by atoms with Gasteiger partial charge in [0.2, 0.25) is 0 Å². The maximum Gasteiger partial charge on any atom is 0.124 e. The lowest BCUT2D eigenvalue weighted by Crippen LogP contribution is -2.05. The Kier molecular flexibility index (Phi) is 4.92. The van der Waals surface area contributed by atoms with Crippen molar-refractivity contribution in [1.29, 1.82) is 0 Å². The van der Waals surface area contributed by atoms with Crippen LogP contribution in [0, 0.1) is 6.92 Å². The van der Waals surface area contributed by atoms with E-state index in [1.807, 2.05) is 37.3 Å². The van der Waals surface area contributed by atoms with E-state index in [9.17, 15) is 5.11 Å². The fourth-order valence-electron chi connectivity index (χ4n) is 2.14. The Morgan fingerprint density at radius 1 is 1.20 bits per heavy atom. The highest BCUT2D eigenvalue weighted by Crippen LogP contribution is 2.32. The molecule has 0 spiro atoms. The van der Waals surface area contributed by atoms with Crippen molar-refractivity contribution >= 4 is 23.2 Å². The largest absolute Gasteiger partial charge is 0.496 e. The fourth-order valence-corrected chi connectivity index (χ4v) is 2.54. The van der Waals surface area contributed by atoms with Crippen molar-refractivity contribution < 1.29 is 9.84 Å². The second kappa shape index (κ2) is 6.49. The zero-order valence-electron chi connectivity index (χ0n) is 11.4. The molecule has 0 aliphatic heterocycles. The van der Waals surface area contributed by atoms with Crippen LogP contribution < -0.4 is 4.74 Å². The minimum atomic E-state index is -0.694. The molecule has 0 heterocycles. The Morgan fingerprint density at radius 3 is 2.65 bits per heavy atom. The summed E-state index contributed by atoms with van der Waals surface area (Å²) < 4.78 is 5.29. The zero-order valence-corrected chi connectivity index (χ0v) is 12.9. The van der Waals surface area contributed by atoms with Crippen molar-refractivity contribution in [1.82, 2.24) is 0 Å². The maximum atomic E-state index is 10.4. The van der Waals surface area contributed by atoms with Crippen LogP contribution in [-0.4, -0.2) is 12.2 Å². The van der Waals surface area contributed by atoms with Gasteiger partial charge in [-0.15, -0.1) is 0 Å². The number of aryl methyl sites for hydroxylation is 1. The van der Waals surface area contributed by atoms with Crippen LogP contribution >= 0.6 is 23.2 Å². The molecule has 4 heteroatoms. The molecule has 0 aliphatic carbocycles. The van der Waals surface area contributed by atoms with Crippen molar-refractivity contribution in [3.8, 4) is 5.75 Å². The lowest BCUT2D eigenvalue weighted by molar-refractivity contribution is 0.174. The van der Waals surface area contributed by atoms with E-state index < -0.39 is 6.10 Å². The predicted octanol–water partition coefficient (Wildman–Crippen LogP) is 4.59. The third kappa shape index (κ3) is 3.26. The van der Waals surface area contributed by atoms with Gasteiger partial charge in [-0.3, -0.25) is 0 Å². The molecule has 0 radical (unpaired) electrons. The SMILES string of the molecule is COc1ccc(C)cc1C(O)Cc1cccc(Cl)c1Cl. The molecule has 1 atom stereocenters. The lowest BCUT2D eigenvalue weighted by Gasteiger charge is -2.16. The zero-order chi connectivity index (χ0) is 14.7. The summed E-state index contributed by atoms with van der Waals surface area (Å²) in [7, 11) is 1.59. The van der Waals surface area contributed by atoms with E-state index in [4.69, 9.17) is 27.9 Å². The first-order valence-electron chi connectivity index (χ1n) is 6.28. The number of aliphatic hydroxyl groups excluding tert-OH is 1. The second-order valence-electron chi connectivity index (χ2n) is 4.68. The summed E-state index contributed by atoms with van der Waals surface area (Å²) in [6.45, 7) is 1.97. The van der Waals surface area contributed by atoms with E-state index in [-0.39, 0.29) is 0 Å². The summed E-state index contributed by atoms with van der Waals surface area (Å²) >= 11 is 12.1. The minimum absolute atomic E-state index is 0.388. The second-order valence-corrected chi connectivity index (χ2v) is 5.46. The predicted molar refractivity (Wildman–Crippen MR) is 82.9 cm³/mol. The topological polar surface area (TPSA) is 29.5 Å². The molecule has 0 fully saturated rings. The van der Waals surface area contributed by atoms with Gasteiger partial charge < -0.3 is 9.84 Å². The molecule has 0 aliphatic rings. The molecule has 0 saturated carbocycles. The third-order valence-electron chi connectivity index (χ3n) is 3.19. The Labute approximate surface area is 128 Å². The highest BCUT2D eigenvalue weighted by atomic mass is 35.5. The van der Waals surface area contributed by atoms with Gasteiger partial charge in [-0.25, -0.2) is 0 Å². The van der Waals surface area contributed by atoms with Gasteiger partial charge in [-0.05, 0) is 30.7 Å². The van der Waals surface area contributed by atoms with Crippen molar-refractivity contribution in [2.75, 3.05) is 7.11 Å². The summed E-state index contributed by atoms with van der Waals surface area (Å²) in [6.07, 6.45) is -0.306. The summed E-state index contributed by atoms with van der Waals surface area (Å²) in [6, 6.07) is 11.1. The van der Waals surface area contributed by atoms with Gasteiger partial charge in [-0.2, -0.15) is 0 Å². The molecule has 2 aromatic rings. The number of hydrogen-bond donors (Lipinski definition) is 1. The van der Waals surface area contributed by atoms with Crippen LogP contribution in [0.3, 0.4) is 0 Å². The van der Waals surface area contributed by atoms with Gasteiger partial charge in [0, 0.05) is 12.0 Å². The first-order valence-corrected chi connectivity index (χ1v) is 7.04. The quantitative estimate of drug-likeness (QED) is 0.895. The monoisotopic (exact) mass is 310 g/mol. The van der Waals surface area contributed by atoms with E-state index in [0.717, 1.165) is 16.7 Å². The number of ether oxygens (including phenoxy) is 1. The summed E-state index contributed by atoms with van der Waals surface area (Å²) in [5.41, 5.74) is 2.64. The smallest absolute Gasteiger partial charge is 0.124 e. The molecule has 2 rings (SSSR count). The van der Waals surface area contributed by atoms with Crippen molar-refractivity contribution in [3.63, 3.8) is 0 Å². The van der Waals surface area contributed by atoms with Gasteiger partial charge in [-0.1, -0.05) is 47.0 Å². The molecule has 2 nitrogen and oxygen atoms in total. The Balaban J connectivity index is 2.30. The molecule has 0 amide bonds. The van der Waals surface area contributed by atoms with Crippen LogP contribution in [0.5, 0.6) is 5.75 Å². The molecule has 0 aromatic heterocycles. The van der Waals surface area contributed by atoms with Gasteiger partial charge >= 0.3 is 0 Å². The number of halogens is 2. The van der Waals surface area contributed by atoms with Crippen LogP contribution in [0.1, 0.15) is 22.8 Å². The Bertz CT molecular complexity index is 611. The van der Waals surface area contributed by atoms with Gasteiger partial charge in [0.25, 0.3) is 0 Å².